The van der Waals surface area contributed by atoms with Gasteiger partial charge in [0.1, 0.15) is 11.5 Å². The first kappa shape index (κ1) is 17.3. The highest BCUT2D eigenvalue weighted by atomic mass is 16.5. The van der Waals surface area contributed by atoms with Crippen molar-refractivity contribution in [1.82, 2.24) is 9.47 Å². The Balaban J connectivity index is 1.39. The number of aromatic nitrogens is 1. The van der Waals surface area contributed by atoms with Crippen LogP contribution in [0.3, 0.4) is 0 Å². The van der Waals surface area contributed by atoms with Crippen molar-refractivity contribution in [3.05, 3.63) is 76.4 Å². The molecule has 2 aliphatic heterocycles. The lowest BCUT2D eigenvalue weighted by molar-refractivity contribution is 0.114. The number of piperidine rings is 1. The van der Waals surface area contributed by atoms with Crippen LogP contribution < -0.4 is 10.3 Å². The molecule has 0 radical (unpaired) electrons. The Labute approximate surface area is 164 Å². The molecule has 0 amide bonds. The van der Waals surface area contributed by atoms with E-state index in [4.69, 9.17) is 9.15 Å². The SMILES string of the molecule is COc1ccc(CN2CC3CC(C2)c2ccc(-c4ccco4)c(=O)n2C3)cc1. The van der Waals surface area contributed by atoms with E-state index in [0.29, 0.717) is 23.2 Å². The summed E-state index contributed by atoms with van der Waals surface area (Å²) < 4.78 is 12.7. The van der Waals surface area contributed by atoms with Gasteiger partial charge in [-0.25, -0.2) is 0 Å². The van der Waals surface area contributed by atoms with Crippen LogP contribution in [0.25, 0.3) is 11.3 Å². The molecule has 1 fully saturated rings. The molecule has 2 aromatic heterocycles. The number of pyridine rings is 1. The van der Waals surface area contributed by atoms with Gasteiger partial charge in [-0.15, -0.1) is 0 Å². The summed E-state index contributed by atoms with van der Waals surface area (Å²) in [7, 11) is 1.69. The standard InChI is InChI=1S/C23H24N2O3/c1-27-19-6-4-16(5-7-19)12-24-13-17-11-18(15-24)21-9-8-20(22-3-2-10-28-22)23(26)25(21)14-17/h2-10,17-18H,11-15H2,1H3. The van der Waals surface area contributed by atoms with Crippen molar-refractivity contribution in [1.29, 1.82) is 0 Å². The van der Waals surface area contributed by atoms with Crippen molar-refractivity contribution < 1.29 is 9.15 Å². The monoisotopic (exact) mass is 376 g/mol. The highest BCUT2D eigenvalue weighted by Crippen LogP contribution is 2.36. The van der Waals surface area contributed by atoms with E-state index in [0.717, 1.165) is 37.6 Å². The maximum atomic E-state index is 13.1. The summed E-state index contributed by atoms with van der Waals surface area (Å²) in [4.78, 5) is 15.6. The molecule has 28 heavy (non-hydrogen) atoms. The van der Waals surface area contributed by atoms with Crippen LogP contribution in [0, 0.1) is 5.92 Å². The van der Waals surface area contributed by atoms with Gasteiger partial charge in [-0.3, -0.25) is 9.69 Å². The van der Waals surface area contributed by atoms with Crippen molar-refractivity contribution in [2.45, 2.75) is 25.4 Å². The molecule has 5 heteroatoms. The fourth-order valence-corrected chi connectivity index (χ4v) is 4.78. The quantitative estimate of drug-likeness (QED) is 0.696. The maximum absolute atomic E-state index is 13.1. The third-order valence-corrected chi connectivity index (χ3v) is 6.03. The molecule has 0 saturated carbocycles. The molecule has 2 unspecified atom stereocenters. The molecule has 4 heterocycles. The zero-order valence-electron chi connectivity index (χ0n) is 16.0. The number of rotatable bonds is 4. The largest absolute Gasteiger partial charge is 0.497 e. The number of nitrogens with zero attached hydrogens (tertiary/aromatic N) is 2. The first-order valence-electron chi connectivity index (χ1n) is 9.84. The first-order valence-corrected chi connectivity index (χ1v) is 9.84. The van der Waals surface area contributed by atoms with Crippen LogP contribution in [0.2, 0.25) is 0 Å². The number of fused-ring (bicyclic) bond motifs is 4. The van der Waals surface area contributed by atoms with Crippen LogP contribution in [-0.2, 0) is 13.1 Å². The normalized spacial score (nSPS) is 21.3. The van der Waals surface area contributed by atoms with Crippen LogP contribution in [0.1, 0.15) is 23.6 Å². The lowest BCUT2D eigenvalue weighted by atomic mass is 9.82. The third-order valence-electron chi connectivity index (χ3n) is 6.03. The fourth-order valence-electron chi connectivity index (χ4n) is 4.78. The lowest BCUT2D eigenvalue weighted by Crippen LogP contribution is -2.46. The number of ether oxygens (including phenoxy) is 1. The molecule has 5 rings (SSSR count). The van der Waals surface area contributed by atoms with Gasteiger partial charge in [0, 0.05) is 37.8 Å². The number of benzene rings is 1. The molecule has 0 spiro atoms. The van der Waals surface area contributed by atoms with Gasteiger partial charge in [-0.05, 0) is 54.3 Å². The van der Waals surface area contributed by atoms with Gasteiger partial charge in [-0.1, -0.05) is 12.1 Å². The van der Waals surface area contributed by atoms with Gasteiger partial charge in [0.25, 0.3) is 5.56 Å². The summed E-state index contributed by atoms with van der Waals surface area (Å²) in [6.07, 6.45) is 2.78. The third kappa shape index (κ3) is 3.06. The minimum absolute atomic E-state index is 0.0748. The van der Waals surface area contributed by atoms with E-state index < -0.39 is 0 Å². The Kier molecular flexibility index (Phi) is 4.32. The second-order valence-corrected chi connectivity index (χ2v) is 7.91. The van der Waals surface area contributed by atoms with Gasteiger partial charge >= 0.3 is 0 Å². The summed E-state index contributed by atoms with van der Waals surface area (Å²) in [6.45, 7) is 3.74. The molecular weight excluding hydrogens is 352 g/mol. The molecule has 5 nitrogen and oxygen atoms in total. The summed E-state index contributed by atoms with van der Waals surface area (Å²) in [5.74, 6) is 2.45. The molecule has 1 saturated heterocycles. The Morgan fingerprint density at radius 2 is 1.93 bits per heavy atom. The predicted molar refractivity (Wildman–Crippen MR) is 108 cm³/mol. The summed E-state index contributed by atoms with van der Waals surface area (Å²) in [5, 5.41) is 0. The summed E-state index contributed by atoms with van der Waals surface area (Å²) in [6, 6.07) is 16.0. The molecule has 0 N–H and O–H groups in total. The smallest absolute Gasteiger partial charge is 0.261 e. The number of hydrogen-bond donors (Lipinski definition) is 0. The van der Waals surface area contributed by atoms with Gasteiger partial charge in [0.2, 0.25) is 0 Å². The number of likely N-dealkylation sites (tertiary alicyclic amines) is 1. The predicted octanol–water partition coefficient (Wildman–Crippen LogP) is 3.74. The molecule has 2 bridgehead atoms. The zero-order chi connectivity index (χ0) is 19.1. The van der Waals surface area contributed by atoms with E-state index in [9.17, 15) is 4.79 Å². The highest BCUT2D eigenvalue weighted by Gasteiger charge is 2.35. The number of hydrogen-bond acceptors (Lipinski definition) is 4. The summed E-state index contributed by atoms with van der Waals surface area (Å²) >= 11 is 0. The first-order chi connectivity index (χ1) is 13.7. The molecule has 2 atom stereocenters. The minimum Gasteiger partial charge on any atom is -0.497 e. The summed E-state index contributed by atoms with van der Waals surface area (Å²) in [5.41, 5.74) is 3.19. The molecule has 2 aliphatic rings. The van der Waals surface area contributed by atoms with Crippen molar-refractivity contribution in [3.8, 4) is 17.1 Å². The van der Waals surface area contributed by atoms with E-state index in [1.54, 1.807) is 13.4 Å². The maximum Gasteiger partial charge on any atom is 0.261 e. The molecule has 144 valence electrons. The Hall–Kier alpha value is -2.79. The Bertz CT molecular complexity index is 1020. The second-order valence-electron chi connectivity index (χ2n) is 7.91. The average molecular weight is 376 g/mol. The lowest BCUT2D eigenvalue weighted by Gasteiger charge is -2.43. The van der Waals surface area contributed by atoms with E-state index in [1.165, 1.54) is 12.0 Å². The van der Waals surface area contributed by atoms with Crippen LogP contribution in [-0.4, -0.2) is 29.7 Å². The number of furan rings is 1. The van der Waals surface area contributed by atoms with Gasteiger partial charge in [-0.2, -0.15) is 0 Å². The van der Waals surface area contributed by atoms with Crippen LogP contribution >= 0.6 is 0 Å². The van der Waals surface area contributed by atoms with Crippen molar-refractivity contribution in [2.75, 3.05) is 20.2 Å². The minimum atomic E-state index is 0.0748. The Morgan fingerprint density at radius 3 is 2.68 bits per heavy atom. The van der Waals surface area contributed by atoms with E-state index in [1.807, 2.05) is 34.9 Å². The van der Waals surface area contributed by atoms with Crippen molar-refractivity contribution in [3.63, 3.8) is 0 Å². The molecular formula is C23H24N2O3. The topological polar surface area (TPSA) is 47.6 Å². The van der Waals surface area contributed by atoms with Crippen molar-refractivity contribution in [2.24, 2.45) is 5.92 Å². The fraction of sp³-hybridized carbons (Fsp3) is 0.348. The van der Waals surface area contributed by atoms with Crippen LogP contribution in [0.15, 0.2) is 64.0 Å². The second kappa shape index (κ2) is 6.99. The van der Waals surface area contributed by atoms with Crippen LogP contribution in [0.4, 0.5) is 0 Å². The van der Waals surface area contributed by atoms with Crippen LogP contribution in [0.5, 0.6) is 5.75 Å². The highest BCUT2D eigenvalue weighted by molar-refractivity contribution is 5.56. The molecule has 1 aromatic carbocycles. The van der Waals surface area contributed by atoms with Crippen molar-refractivity contribution >= 4 is 0 Å². The van der Waals surface area contributed by atoms with E-state index >= 15 is 0 Å². The molecule has 3 aromatic rings. The van der Waals surface area contributed by atoms with Gasteiger partial charge < -0.3 is 13.7 Å². The average Bonchev–Trinajstić information content (AvgIpc) is 3.24. The van der Waals surface area contributed by atoms with Gasteiger partial charge in [0.05, 0.1) is 18.9 Å². The van der Waals surface area contributed by atoms with E-state index in [-0.39, 0.29) is 5.56 Å². The molecule has 0 aliphatic carbocycles. The number of methoxy groups -OCH3 is 1. The zero-order valence-corrected chi connectivity index (χ0v) is 16.0. The van der Waals surface area contributed by atoms with E-state index in [2.05, 4.69) is 23.1 Å². The van der Waals surface area contributed by atoms with Gasteiger partial charge in [0.15, 0.2) is 0 Å². The Morgan fingerprint density at radius 1 is 1.07 bits per heavy atom.